The number of benzene rings is 2. The van der Waals surface area contributed by atoms with Gasteiger partial charge in [-0.1, -0.05) is 25.0 Å². The van der Waals surface area contributed by atoms with Gasteiger partial charge in [-0.15, -0.1) is 0 Å². The molecule has 1 heterocycles. The van der Waals surface area contributed by atoms with Gasteiger partial charge in [0, 0.05) is 6.04 Å². The Bertz CT molecular complexity index is 1250. The van der Waals surface area contributed by atoms with Crippen molar-refractivity contribution >= 4 is 39.2 Å². The Labute approximate surface area is 197 Å². The van der Waals surface area contributed by atoms with Crippen molar-refractivity contribution in [2.24, 2.45) is 0 Å². The quantitative estimate of drug-likeness (QED) is 0.609. The molecule has 2 saturated carbocycles. The van der Waals surface area contributed by atoms with E-state index in [0.29, 0.717) is 24.2 Å². The van der Waals surface area contributed by atoms with Crippen molar-refractivity contribution in [3.63, 3.8) is 0 Å². The minimum Gasteiger partial charge on any atom is -0.452 e. The Morgan fingerprint density at radius 2 is 1.74 bits per heavy atom. The molecular weight excluding hydrogens is 458 g/mol. The highest BCUT2D eigenvalue weighted by Crippen LogP contribution is 2.45. The average Bonchev–Trinajstić information content (AvgIpc) is 3.50. The van der Waals surface area contributed by atoms with Gasteiger partial charge in [-0.3, -0.25) is 14.5 Å². The number of hydrogen-bond acceptors (Lipinski definition) is 6. The maximum atomic E-state index is 13.3. The third-order valence-corrected chi connectivity index (χ3v) is 8.09. The monoisotopic (exact) mass is 483 g/mol. The van der Waals surface area contributed by atoms with Gasteiger partial charge in [0.2, 0.25) is 10.0 Å². The highest BCUT2D eigenvalue weighted by molar-refractivity contribution is 7.89. The van der Waals surface area contributed by atoms with Crippen molar-refractivity contribution in [2.75, 3.05) is 16.8 Å². The molecule has 10 heteroatoms. The molecule has 2 aromatic rings. The Morgan fingerprint density at radius 1 is 1.06 bits per heavy atom. The van der Waals surface area contributed by atoms with Gasteiger partial charge < -0.3 is 10.1 Å². The highest BCUT2D eigenvalue weighted by Gasteiger charge is 2.52. The Balaban J connectivity index is 1.30. The van der Waals surface area contributed by atoms with Gasteiger partial charge in [-0.25, -0.2) is 17.9 Å². The lowest BCUT2D eigenvalue weighted by Crippen LogP contribution is -2.61. The van der Waals surface area contributed by atoms with Crippen LogP contribution in [0.3, 0.4) is 0 Å². The number of carbonyl (C=O) groups is 3. The van der Waals surface area contributed by atoms with Gasteiger partial charge in [0.05, 0.1) is 21.8 Å². The van der Waals surface area contributed by atoms with Crippen molar-refractivity contribution in [2.45, 2.75) is 55.0 Å². The second-order valence-electron chi connectivity index (χ2n) is 8.94. The summed E-state index contributed by atoms with van der Waals surface area (Å²) in [4.78, 5) is 40.4. The molecule has 0 bridgehead atoms. The van der Waals surface area contributed by atoms with Crippen LogP contribution in [-0.2, 0) is 24.3 Å². The second-order valence-corrected chi connectivity index (χ2v) is 10.6. The van der Waals surface area contributed by atoms with E-state index < -0.39 is 34.0 Å². The molecule has 2 fully saturated rings. The highest BCUT2D eigenvalue weighted by atomic mass is 32.2. The van der Waals surface area contributed by atoms with Gasteiger partial charge >= 0.3 is 5.97 Å². The maximum absolute atomic E-state index is 13.3. The third-order valence-electron chi connectivity index (χ3n) is 6.55. The molecule has 9 nitrogen and oxygen atoms in total. The summed E-state index contributed by atoms with van der Waals surface area (Å²) in [5.74, 6) is -1.45. The molecule has 0 unspecified atom stereocenters. The summed E-state index contributed by atoms with van der Waals surface area (Å²) in [6.45, 7) is -0.536. The fourth-order valence-electron chi connectivity index (χ4n) is 4.66. The topological polar surface area (TPSA) is 122 Å². The summed E-state index contributed by atoms with van der Waals surface area (Å²) in [6.07, 6.45) is 4.37. The molecule has 2 amide bonds. The van der Waals surface area contributed by atoms with E-state index in [0.717, 1.165) is 25.7 Å². The van der Waals surface area contributed by atoms with Crippen molar-refractivity contribution in [3.8, 4) is 0 Å². The number of rotatable bonds is 6. The van der Waals surface area contributed by atoms with Crippen LogP contribution in [0.5, 0.6) is 0 Å². The van der Waals surface area contributed by atoms with Crippen LogP contribution in [-0.4, -0.2) is 44.4 Å². The summed E-state index contributed by atoms with van der Waals surface area (Å²) >= 11 is 0. The van der Waals surface area contributed by atoms with Gasteiger partial charge in [0.25, 0.3) is 11.8 Å². The predicted molar refractivity (Wildman–Crippen MR) is 124 cm³/mol. The van der Waals surface area contributed by atoms with Crippen molar-refractivity contribution in [3.05, 3.63) is 54.1 Å². The van der Waals surface area contributed by atoms with Crippen LogP contribution in [0.4, 0.5) is 11.4 Å². The van der Waals surface area contributed by atoms with E-state index in [1.165, 1.54) is 29.2 Å². The molecule has 1 spiro atoms. The SMILES string of the molecule is O=C(OCC(=O)N1c2ccccc2NC(=O)C12CCCC2)c1ccc(S(=O)(=O)NC2CC2)cc1. The molecule has 5 rings (SSSR count). The number of para-hydroxylation sites is 2. The van der Waals surface area contributed by atoms with Gasteiger partial charge in [-0.05, 0) is 62.1 Å². The minimum atomic E-state index is -3.63. The Kier molecular flexibility index (Phi) is 5.65. The van der Waals surface area contributed by atoms with Crippen LogP contribution in [0.15, 0.2) is 53.4 Å². The number of nitrogens with zero attached hydrogens (tertiary/aromatic N) is 1. The number of hydrogen-bond donors (Lipinski definition) is 2. The first-order chi connectivity index (χ1) is 16.3. The average molecular weight is 484 g/mol. The number of carbonyl (C=O) groups excluding carboxylic acids is 3. The zero-order chi connectivity index (χ0) is 23.9. The summed E-state index contributed by atoms with van der Waals surface area (Å²) in [5, 5.41) is 2.91. The molecule has 2 aromatic carbocycles. The number of sulfonamides is 1. The van der Waals surface area contributed by atoms with Crippen LogP contribution < -0.4 is 14.9 Å². The van der Waals surface area contributed by atoms with Crippen LogP contribution in [0.25, 0.3) is 0 Å². The Hall–Kier alpha value is -3.24. The molecule has 0 aromatic heterocycles. The first kappa shape index (κ1) is 22.5. The van der Waals surface area contributed by atoms with Crippen molar-refractivity contribution in [1.82, 2.24) is 4.72 Å². The van der Waals surface area contributed by atoms with E-state index in [1.807, 2.05) is 0 Å². The summed E-state index contributed by atoms with van der Waals surface area (Å²) < 4.78 is 32.4. The lowest BCUT2D eigenvalue weighted by atomic mass is 9.90. The van der Waals surface area contributed by atoms with E-state index >= 15 is 0 Å². The maximum Gasteiger partial charge on any atom is 0.338 e. The van der Waals surface area contributed by atoms with Gasteiger partial charge in [0.1, 0.15) is 5.54 Å². The second kappa shape index (κ2) is 8.52. The summed E-state index contributed by atoms with van der Waals surface area (Å²) in [6, 6.07) is 12.4. The first-order valence-electron chi connectivity index (χ1n) is 11.3. The number of amides is 2. The zero-order valence-corrected chi connectivity index (χ0v) is 19.3. The van der Waals surface area contributed by atoms with E-state index in [1.54, 1.807) is 24.3 Å². The molecule has 0 saturated heterocycles. The van der Waals surface area contributed by atoms with E-state index in [9.17, 15) is 22.8 Å². The van der Waals surface area contributed by atoms with Crippen molar-refractivity contribution < 1.29 is 27.5 Å². The number of fused-ring (bicyclic) bond motifs is 1. The molecule has 1 aliphatic heterocycles. The Morgan fingerprint density at radius 3 is 2.41 bits per heavy atom. The fourth-order valence-corrected chi connectivity index (χ4v) is 5.97. The molecule has 3 aliphatic rings. The zero-order valence-electron chi connectivity index (χ0n) is 18.5. The standard InChI is InChI=1S/C24H25N3O6S/c28-21(27-20-6-2-1-5-19(20)25-23(30)24(27)13-3-4-14-24)15-33-22(29)16-7-11-18(12-8-16)34(31,32)26-17-9-10-17/h1-2,5-8,11-12,17,26H,3-4,9-10,13-15H2,(H,25,30). The smallest absolute Gasteiger partial charge is 0.338 e. The summed E-state index contributed by atoms with van der Waals surface area (Å²) in [5.41, 5.74) is 0.275. The normalized spacial score (nSPS) is 18.9. The van der Waals surface area contributed by atoms with E-state index in [2.05, 4.69) is 10.0 Å². The first-order valence-corrected chi connectivity index (χ1v) is 12.8. The fraction of sp³-hybridized carbons (Fsp3) is 0.375. The molecule has 2 N–H and O–H groups in total. The van der Waals surface area contributed by atoms with Gasteiger partial charge in [-0.2, -0.15) is 0 Å². The third kappa shape index (κ3) is 4.07. The molecule has 0 atom stereocenters. The molecular formula is C24H25N3O6S. The molecule has 34 heavy (non-hydrogen) atoms. The number of ether oxygens (including phenoxy) is 1. The van der Waals surface area contributed by atoms with Crippen LogP contribution >= 0.6 is 0 Å². The lowest BCUT2D eigenvalue weighted by Gasteiger charge is -2.44. The minimum absolute atomic E-state index is 0.0224. The largest absolute Gasteiger partial charge is 0.452 e. The molecule has 178 valence electrons. The number of esters is 1. The van der Waals surface area contributed by atoms with Gasteiger partial charge in [0.15, 0.2) is 6.61 Å². The predicted octanol–water partition coefficient (Wildman–Crippen LogP) is 2.58. The van der Waals surface area contributed by atoms with Crippen LogP contribution in [0, 0.1) is 0 Å². The van der Waals surface area contributed by atoms with Crippen LogP contribution in [0.2, 0.25) is 0 Å². The molecule has 0 radical (unpaired) electrons. The lowest BCUT2D eigenvalue weighted by molar-refractivity contribution is -0.129. The van der Waals surface area contributed by atoms with E-state index in [-0.39, 0.29) is 22.4 Å². The van der Waals surface area contributed by atoms with Crippen molar-refractivity contribution in [1.29, 1.82) is 0 Å². The molecule has 2 aliphatic carbocycles. The number of nitrogens with one attached hydrogen (secondary N) is 2. The van der Waals surface area contributed by atoms with E-state index in [4.69, 9.17) is 4.74 Å². The van der Waals surface area contributed by atoms with Crippen LogP contribution in [0.1, 0.15) is 48.9 Å². The summed E-state index contributed by atoms with van der Waals surface area (Å²) in [7, 11) is -3.63. The number of anilines is 2.